The molecule has 7 heteroatoms. The molecule has 0 aliphatic rings. The molecular weight excluding hydrogens is 262 g/mol. The van der Waals surface area contributed by atoms with Crippen molar-refractivity contribution < 1.29 is 19.5 Å². The standard InChI is InChI=1S/C13H25N3O4/c1-8(2)6-10(12(18)19)15-13(20)16(5)7-9(3)11(17)14-4/h8-10H,6-7H2,1-5H3,(H,14,17)(H,15,20)(H,18,19)/t9?,10-/m0/s1. The summed E-state index contributed by atoms with van der Waals surface area (Å²) >= 11 is 0. The highest BCUT2D eigenvalue weighted by Crippen LogP contribution is 2.06. The van der Waals surface area contributed by atoms with Crippen LogP contribution in [0.15, 0.2) is 0 Å². The summed E-state index contributed by atoms with van der Waals surface area (Å²) in [6.07, 6.45) is 0.361. The molecule has 1 unspecified atom stereocenters. The van der Waals surface area contributed by atoms with E-state index in [1.807, 2.05) is 13.8 Å². The molecule has 0 saturated carbocycles. The van der Waals surface area contributed by atoms with Crippen LogP contribution >= 0.6 is 0 Å². The zero-order valence-corrected chi connectivity index (χ0v) is 12.8. The van der Waals surface area contributed by atoms with Crippen molar-refractivity contribution >= 4 is 17.9 Å². The van der Waals surface area contributed by atoms with E-state index in [1.54, 1.807) is 6.92 Å². The molecule has 0 aromatic carbocycles. The Morgan fingerprint density at radius 2 is 1.75 bits per heavy atom. The summed E-state index contributed by atoms with van der Waals surface area (Å²) in [4.78, 5) is 35.7. The van der Waals surface area contributed by atoms with Gasteiger partial charge in [-0.05, 0) is 12.3 Å². The fourth-order valence-electron chi connectivity index (χ4n) is 1.78. The number of hydrogen-bond acceptors (Lipinski definition) is 3. The molecule has 0 rings (SSSR count). The third kappa shape index (κ3) is 6.40. The minimum Gasteiger partial charge on any atom is -0.480 e. The van der Waals surface area contributed by atoms with E-state index in [0.717, 1.165) is 0 Å². The molecule has 2 atom stereocenters. The highest BCUT2D eigenvalue weighted by molar-refractivity contribution is 5.83. The predicted octanol–water partition coefficient (Wildman–Crippen LogP) is 0.509. The van der Waals surface area contributed by atoms with Crippen LogP contribution in [0.3, 0.4) is 0 Å². The maximum Gasteiger partial charge on any atom is 0.326 e. The van der Waals surface area contributed by atoms with Gasteiger partial charge in [-0.3, -0.25) is 4.79 Å². The lowest BCUT2D eigenvalue weighted by atomic mass is 10.0. The predicted molar refractivity (Wildman–Crippen MR) is 75.3 cm³/mol. The maximum absolute atomic E-state index is 11.9. The van der Waals surface area contributed by atoms with Crippen LogP contribution in [0.2, 0.25) is 0 Å². The molecule has 0 aromatic heterocycles. The van der Waals surface area contributed by atoms with E-state index in [0.29, 0.717) is 6.42 Å². The molecule has 0 heterocycles. The molecule has 3 amide bonds. The lowest BCUT2D eigenvalue weighted by molar-refractivity contribution is -0.139. The van der Waals surface area contributed by atoms with Crippen LogP contribution < -0.4 is 10.6 Å². The van der Waals surface area contributed by atoms with E-state index >= 15 is 0 Å². The molecule has 0 radical (unpaired) electrons. The fraction of sp³-hybridized carbons (Fsp3) is 0.769. The summed E-state index contributed by atoms with van der Waals surface area (Å²) < 4.78 is 0. The monoisotopic (exact) mass is 287 g/mol. The molecule has 0 aromatic rings. The van der Waals surface area contributed by atoms with Gasteiger partial charge in [0, 0.05) is 20.6 Å². The molecule has 0 spiro atoms. The van der Waals surface area contributed by atoms with Crippen LogP contribution in [0.5, 0.6) is 0 Å². The van der Waals surface area contributed by atoms with Crippen molar-refractivity contribution in [3.63, 3.8) is 0 Å². The first-order valence-electron chi connectivity index (χ1n) is 6.65. The van der Waals surface area contributed by atoms with Gasteiger partial charge >= 0.3 is 12.0 Å². The topological polar surface area (TPSA) is 98.7 Å². The molecule has 0 bridgehead atoms. The number of nitrogens with zero attached hydrogens (tertiary/aromatic N) is 1. The Balaban J connectivity index is 4.49. The molecule has 0 saturated heterocycles. The lowest BCUT2D eigenvalue weighted by Gasteiger charge is -2.24. The number of amides is 3. The summed E-state index contributed by atoms with van der Waals surface area (Å²) in [5.74, 6) is -1.42. The van der Waals surface area contributed by atoms with Gasteiger partial charge in [0.25, 0.3) is 0 Å². The molecule has 116 valence electrons. The first-order valence-corrected chi connectivity index (χ1v) is 6.65. The Hall–Kier alpha value is -1.79. The summed E-state index contributed by atoms with van der Waals surface area (Å²) in [5.41, 5.74) is 0. The van der Waals surface area contributed by atoms with Gasteiger partial charge in [-0.1, -0.05) is 20.8 Å². The van der Waals surface area contributed by atoms with Crippen LogP contribution in [0.25, 0.3) is 0 Å². The second kappa shape index (κ2) is 8.39. The number of carboxylic acids is 1. The van der Waals surface area contributed by atoms with Crippen molar-refractivity contribution in [2.75, 3.05) is 20.6 Å². The van der Waals surface area contributed by atoms with Crippen molar-refractivity contribution in [1.82, 2.24) is 15.5 Å². The van der Waals surface area contributed by atoms with Gasteiger partial charge in [-0.15, -0.1) is 0 Å². The van der Waals surface area contributed by atoms with E-state index in [2.05, 4.69) is 10.6 Å². The van der Waals surface area contributed by atoms with Crippen LogP contribution in [0.1, 0.15) is 27.2 Å². The maximum atomic E-state index is 11.9. The van der Waals surface area contributed by atoms with Gasteiger partial charge in [-0.2, -0.15) is 0 Å². The zero-order chi connectivity index (χ0) is 15.9. The quantitative estimate of drug-likeness (QED) is 0.635. The lowest BCUT2D eigenvalue weighted by Crippen LogP contribution is -2.49. The smallest absolute Gasteiger partial charge is 0.326 e. The Labute approximate surface area is 119 Å². The van der Waals surface area contributed by atoms with Crippen molar-refractivity contribution in [2.45, 2.75) is 33.2 Å². The number of hydrogen-bond donors (Lipinski definition) is 3. The van der Waals surface area contributed by atoms with Crippen LogP contribution in [0.4, 0.5) is 4.79 Å². The van der Waals surface area contributed by atoms with Gasteiger partial charge < -0.3 is 20.6 Å². The highest BCUT2D eigenvalue weighted by atomic mass is 16.4. The largest absolute Gasteiger partial charge is 0.480 e. The first kappa shape index (κ1) is 18.2. The van der Waals surface area contributed by atoms with Crippen LogP contribution in [-0.4, -0.2) is 54.6 Å². The number of aliphatic carboxylic acids is 1. The Kier molecular flexibility index (Phi) is 7.64. The van der Waals surface area contributed by atoms with E-state index in [-0.39, 0.29) is 24.3 Å². The van der Waals surface area contributed by atoms with Gasteiger partial charge in [0.2, 0.25) is 5.91 Å². The van der Waals surface area contributed by atoms with Crippen molar-refractivity contribution in [3.8, 4) is 0 Å². The van der Waals surface area contributed by atoms with Crippen LogP contribution in [0, 0.1) is 11.8 Å². The SMILES string of the molecule is CNC(=O)C(C)CN(C)C(=O)N[C@@H](CC(C)C)C(=O)O. The number of urea groups is 1. The number of rotatable bonds is 7. The average Bonchev–Trinajstić information content (AvgIpc) is 2.35. The Morgan fingerprint density at radius 3 is 2.15 bits per heavy atom. The fourth-order valence-corrected chi connectivity index (χ4v) is 1.78. The van der Waals surface area contributed by atoms with Crippen LogP contribution in [-0.2, 0) is 9.59 Å². The van der Waals surface area contributed by atoms with Gasteiger partial charge in [-0.25, -0.2) is 9.59 Å². The third-order valence-electron chi connectivity index (χ3n) is 2.89. The molecule has 0 aliphatic heterocycles. The molecular formula is C13H25N3O4. The summed E-state index contributed by atoms with van der Waals surface area (Å²) in [7, 11) is 3.06. The second-order valence-corrected chi connectivity index (χ2v) is 5.37. The second-order valence-electron chi connectivity index (χ2n) is 5.37. The van der Waals surface area contributed by atoms with E-state index in [1.165, 1.54) is 19.0 Å². The zero-order valence-electron chi connectivity index (χ0n) is 12.8. The highest BCUT2D eigenvalue weighted by Gasteiger charge is 2.24. The summed E-state index contributed by atoms with van der Waals surface area (Å²) in [5, 5.41) is 14.0. The number of carbonyl (C=O) groups excluding carboxylic acids is 2. The molecule has 0 fully saturated rings. The molecule has 0 aliphatic carbocycles. The van der Waals surface area contributed by atoms with E-state index < -0.39 is 18.0 Å². The Bertz CT molecular complexity index is 358. The van der Waals surface area contributed by atoms with Gasteiger partial charge in [0.1, 0.15) is 6.04 Å². The minimum atomic E-state index is -1.06. The van der Waals surface area contributed by atoms with Gasteiger partial charge in [0.15, 0.2) is 0 Å². The van der Waals surface area contributed by atoms with Crippen molar-refractivity contribution in [2.24, 2.45) is 11.8 Å². The van der Waals surface area contributed by atoms with E-state index in [4.69, 9.17) is 5.11 Å². The molecule has 3 N–H and O–H groups in total. The first-order chi connectivity index (χ1) is 9.18. The van der Waals surface area contributed by atoms with Crippen molar-refractivity contribution in [3.05, 3.63) is 0 Å². The summed E-state index contributed by atoms with van der Waals surface area (Å²) in [6, 6.07) is -1.41. The van der Waals surface area contributed by atoms with Gasteiger partial charge in [0.05, 0.1) is 5.92 Å². The van der Waals surface area contributed by atoms with Crippen molar-refractivity contribution in [1.29, 1.82) is 0 Å². The summed E-state index contributed by atoms with van der Waals surface area (Å²) in [6.45, 7) is 5.70. The normalized spacial score (nSPS) is 13.5. The Morgan fingerprint density at radius 1 is 1.20 bits per heavy atom. The third-order valence-corrected chi connectivity index (χ3v) is 2.89. The molecule has 20 heavy (non-hydrogen) atoms. The number of nitrogens with one attached hydrogen (secondary N) is 2. The number of carboxylic acid groups (broad SMARTS) is 1. The number of carbonyl (C=O) groups is 3. The average molecular weight is 287 g/mol. The minimum absolute atomic E-state index is 0.159. The molecule has 7 nitrogen and oxygen atoms in total. The van der Waals surface area contributed by atoms with E-state index in [9.17, 15) is 14.4 Å².